The molecule has 0 fully saturated rings. The van der Waals surface area contributed by atoms with Gasteiger partial charge < -0.3 is 5.32 Å². The molecule has 0 aliphatic rings. The molecule has 4 rings (SSSR count). The van der Waals surface area contributed by atoms with Gasteiger partial charge in [0, 0.05) is 28.8 Å². The maximum absolute atomic E-state index is 12.7. The van der Waals surface area contributed by atoms with Gasteiger partial charge in [-0.1, -0.05) is 54.1 Å². The summed E-state index contributed by atoms with van der Waals surface area (Å²) in [6, 6.07) is 23.5. The standard InChI is InChI=1S/C22H18ClN3O2S/c23-18-10-9-17-11-12-24-22(21(17)13-18)26-19-7-4-8-20(14-19)29(27,28)25-15-16-5-2-1-3-6-16/h1-14,25H,15H2,(H,24,26). The lowest BCUT2D eigenvalue weighted by Gasteiger charge is -2.11. The summed E-state index contributed by atoms with van der Waals surface area (Å²) < 4.78 is 28.0. The van der Waals surface area contributed by atoms with Gasteiger partial charge in [0.15, 0.2) is 0 Å². The van der Waals surface area contributed by atoms with Crippen LogP contribution in [0.15, 0.2) is 90.0 Å². The zero-order valence-electron chi connectivity index (χ0n) is 15.3. The van der Waals surface area contributed by atoms with Crippen molar-refractivity contribution in [2.24, 2.45) is 0 Å². The van der Waals surface area contributed by atoms with Crippen molar-refractivity contribution in [1.82, 2.24) is 9.71 Å². The quantitative estimate of drug-likeness (QED) is 0.452. The molecule has 0 amide bonds. The van der Waals surface area contributed by atoms with Crippen molar-refractivity contribution in [2.45, 2.75) is 11.4 Å². The average Bonchev–Trinajstić information content (AvgIpc) is 2.74. The molecule has 0 aliphatic carbocycles. The summed E-state index contributed by atoms with van der Waals surface area (Å²) in [5.74, 6) is 0.608. The number of sulfonamides is 1. The zero-order valence-corrected chi connectivity index (χ0v) is 16.9. The maximum Gasteiger partial charge on any atom is 0.240 e. The van der Waals surface area contributed by atoms with E-state index in [2.05, 4.69) is 15.0 Å². The second-order valence-corrected chi connectivity index (χ2v) is 8.69. The van der Waals surface area contributed by atoms with Gasteiger partial charge in [-0.3, -0.25) is 0 Å². The third-order valence-electron chi connectivity index (χ3n) is 4.44. The Hall–Kier alpha value is -2.93. The van der Waals surface area contributed by atoms with E-state index in [4.69, 9.17) is 11.6 Å². The Balaban J connectivity index is 1.58. The topological polar surface area (TPSA) is 71.1 Å². The van der Waals surface area contributed by atoms with E-state index in [1.807, 2.05) is 54.6 Å². The molecule has 5 nitrogen and oxygen atoms in total. The highest BCUT2D eigenvalue weighted by atomic mass is 35.5. The fourth-order valence-electron chi connectivity index (χ4n) is 2.98. The number of hydrogen-bond acceptors (Lipinski definition) is 4. The Morgan fingerprint density at radius 1 is 0.897 bits per heavy atom. The Morgan fingerprint density at radius 3 is 2.55 bits per heavy atom. The van der Waals surface area contributed by atoms with Gasteiger partial charge in [-0.05, 0) is 47.3 Å². The Morgan fingerprint density at radius 2 is 1.72 bits per heavy atom. The van der Waals surface area contributed by atoms with Crippen molar-refractivity contribution >= 4 is 43.9 Å². The Labute approximate surface area is 174 Å². The number of aromatic nitrogens is 1. The third-order valence-corrected chi connectivity index (χ3v) is 6.08. The molecule has 0 saturated carbocycles. The highest BCUT2D eigenvalue weighted by molar-refractivity contribution is 7.89. The van der Waals surface area contributed by atoms with Crippen molar-refractivity contribution in [3.8, 4) is 0 Å². The maximum atomic E-state index is 12.7. The summed E-state index contributed by atoms with van der Waals surface area (Å²) >= 11 is 6.12. The van der Waals surface area contributed by atoms with Crippen LogP contribution < -0.4 is 10.0 Å². The Kier molecular flexibility index (Phi) is 5.49. The summed E-state index contributed by atoms with van der Waals surface area (Å²) in [6.45, 7) is 0.226. The molecule has 0 saturated heterocycles. The minimum Gasteiger partial charge on any atom is -0.340 e. The molecule has 0 bridgehead atoms. The van der Waals surface area contributed by atoms with Crippen LogP contribution in [0.1, 0.15) is 5.56 Å². The van der Waals surface area contributed by atoms with Crippen molar-refractivity contribution in [1.29, 1.82) is 0 Å². The highest BCUT2D eigenvalue weighted by Crippen LogP contribution is 2.27. The lowest BCUT2D eigenvalue weighted by Crippen LogP contribution is -2.23. The summed E-state index contributed by atoms with van der Waals surface area (Å²) in [5.41, 5.74) is 1.51. The number of hydrogen-bond donors (Lipinski definition) is 2. The van der Waals surface area contributed by atoms with E-state index >= 15 is 0 Å². The van der Waals surface area contributed by atoms with Crippen LogP contribution in [-0.2, 0) is 16.6 Å². The number of nitrogens with zero attached hydrogens (tertiary/aromatic N) is 1. The minimum atomic E-state index is -3.65. The number of fused-ring (bicyclic) bond motifs is 1. The third kappa shape index (κ3) is 4.56. The number of halogens is 1. The lowest BCUT2D eigenvalue weighted by atomic mass is 10.1. The first-order chi connectivity index (χ1) is 14.0. The van der Waals surface area contributed by atoms with E-state index in [-0.39, 0.29) is 11.4 Å². The van der Waals surface area contributed by atoms with E-state index in [0.717, 1.165) is 16.3 Å². The van der Waals surface area contributed by atoms with E-state index in [9.17, 15) is 8.42 Å². The van der Waals surface area contributed by atoms with E-state index in [0.29, 0.717) is 16.5 Å². The molecule has 0 atom stereocenters. The SMILES string of the molecule is O=S(=O)(NCc1ccccc1)c1cccc(Nc2nccc3ccc(Cl)cc23)c1. The molecule has 0 spiro atoms. The van der Waals surface area contributed by atoms with Gasteiger partial charge in [-0.15, -0.1) is 0 Å². The number of anilines is 2. The smallest absolute Gasteiger partial charge is 0.240 e. The molecule has 29 heavy (non-hydrogen) atoms. The predicted octanol–water partition coefficient (Wildman–Crippen LogP) is 5.11. The fraction of sp³-hybridized carbons (Fsp3) is 0.0455. The van der Waals surface area contributed by atoms with Gasteiger partial charge in [0.1, 0.15) is 5.82 Å². The van der Waals surface area contributed by atoms with Crippen LogP contribution in [0.4, 0.5) is 11.5 Å². The highest BCUT2D eigenvalue weighted by Gasteiger charge is 2.14. The lowest BCUT2D eigenvalue weighted by molar-refractivity contribution is 0.581. The van der Waals surface area contributed by atoms with Crippen molar-refractivity contribution in [3.63, 3.8) is 0 Å². The summed E-state index contributed by atoms with van der Waals surface area (Å²) in [6.07, 6.45) is 1.70. The molecular weight excluding hydrogens is 406 g/mol. The van der Waals surface area contributed by atoms with E-state index in [1.165, 1.54) is 0 Å². The van der Waals surface area contributed by atoms with Gasteiger partial charge >= 0.3 is 0 Å². The first kappa shape index (κ1) is 19.4. The molecule has 1 aromatic heterocycles. The second-order valence-electron chi connectivity index (χ2n) is 6.49. The van der Waals surface area contributed by atoms with Crippen LogP contribution in [0, 0.1) is 0 Å². The molecule has 1 heterocycles. The van der Waals surface area contributed by atoms with Crippen LogP contribution in [-0.4, -0.2) is 13.4 Å². The molecule has 4 aromatic rings. The first-order valence-electron chi connectivity index (χ1n) is 8.96. The van der Waals surface area contributed by atoms with Crippen molar-refractivity contribution in [3.05, 3.63) is 95.6 Å². The molecule has 0 unspecified atom stereocenters. The minimum absolute atomic E-state index is 0.178. The average molecular weight is 424 g/mol. The van der Waals surface area contributed by atoms with E-state index < -0.39 is 10.0 Å². The van der Waals surface area contributed by atoms with Crippen LogP contribution in [0.2, 0.25) is 5.02 Å². The second kappa shape index (κ2) is 8.21. The van der Waals surface area contributed by atoms with Gasteiger partial charge in [0.2, 0.25) is 10.0 Å². The largest absolute Gasteiger partial charge is 0.340 e. The number of nitrogens with one attached hydrogen (secondary N) is 2. The van der Waals surface area contributed by atoms with E-state index in [1.54, 1.807) is 30.5 Å². The fourth-order valence-corrected chi connectivity index (χ4v) is 4.21. The predicted molar refractivity (Wildman–Crippen MR) is 117 cm³/mol. The van der Waals surface area contributed by atoms with Crippen LogP contribution in [0.25, 0.3) is 10.8 Å². The van der Waals surface area contributed by atoms with Crippen LogP contribution >= 0.6 is 11.6 Å². The molecule has 3 aromatic carbocycles. The number of rotatable bonds is 6. The summed E-state index contributed by atoms with van der Waals surface area (Å²) in [4.78, 5) is 4.55. The summed E-state index contributed by atoms with van der Waals surface area (Å²) in [5, 5.41) is 5.65. The number of benzene rings is 3. The molecule has 0 aliphatic heterocycles. The normalized spacial score (nSPS) is 11.5. The molecule has 146 valence electrons. The molecular formula is C22H18ClN3O2S. The van der Waals surface area contributed by atoms with Crippen molar-refractivity contribution < 1.29 is 8.42 Å². The van der Waals surface area contributed by atoms with Gasteiger partial charge in [0.05, 0.1) is 4.90 Å². The van der Waals surface area contributed by atoms with Crippen LogP contribution in [0.3, 0.4) is 0 Å². The molecule has 7 heteroatoms. The summed E-state index contributed by atoms with van der Waals surface area (Å²) in [7, 11) is -3.65. The molecule has 0 radical (unpaired) electrons. The first-order valence-corrected chi connectivity index (χ1v) is 10.8. The Bertz CT molecular complexity index is 1260. The zero-order chi connectivity index (χ0) is 20.3. The monoisotopic (exact) mass is 423 g/mol. The van der Waals surface area contributed by atoms with Crippen LogP contribution in [0.5, 0.6) is 0 Å². The van der Waals surface area contributed by atoms with Crippen molar-refractivity contribution in [2.75, 3.05) is 5.32 Å². The van der Waals surface area contributed by atoms with Gasteiger partial charge in [-0.2, -0.15) is 0 Å². The molecule has 2 N–H and O–H groups in total. The number of pyridine rings is 1. The van der Waals surface area contributed by atoms with Gasteiger partial charge in [0.25, 0.3) is 0 Å². The van der Waals surface area contributed by atoms with Gasteiger partial charge in [-0.25, -0.2) is 18.1 Å².